The van der Waals surface area contributed by atoms with Gasteiger partial charge in [-0.3, -0.25) is 47.1 Å². The second-order valence-electron chi connectivity index (χ2n) is 14.2. The third-order valence-corrected chi connectivity index (χ3v) is 47.7. The third-order valence-electron chi connectivity index (χ3n) is 9.52. The highest BCUT2D eigenvalue weighted by atomic mass is 35.5. The lowest BCUT2D eigenvalue weighted by molar-refractivity contribution is -0.368. The van der Waals surface area contributed by atoms with Gasteiger partial charge in [0.1, 0.15) is 10.5 Å². The first-order chi connectivity index (χ1) is 27.5. The average molecular weight is 1190 g/mol. The Labute approximate surface area is 418 Å². The normalized spacial score (nSPS) is 34.3. The van der Waals surface area contributed by atoms with Crippen LogP contribution in [0.1, 0.15) is 51.4 Å². The Balaban J connectivity index is 0.00000900. The summed E-state index contributed by atoms with van der Waals surface area (Å²) in [5.74, 6) is 0. The number of fused-ring (bicyclic) bond motifs is 4. The molecule has 37 heteroatoms. The molecule has 12 N–H and O–H groups in total. The maximum Gasteiger partial charge on any atom is 0.479 e. The minimum Gasteiger partial charge on any atom is -1.00 e. The number of halogens is 8. The standard InChI is InChI=1S/C24H60Cl4N8O12Si9.4ClH/c25-33-13-5-17-50-38-52(18-1-9-29)42-54(19-2-10-30)40-51(37-49,22-6-14-34-26)41-57(24-8-16-36-28)45-53(39-50,23-7-15-35-27)44-55(43-52,20-3-11-31)47-56(46-54,48-57)21-4-12-32;;;;/h50H,1-24,29-32H2,49H3;4*1H/q-4;;;;. The maximum absolute atomic E-state index is 7.61. The Kier molecular flexibility index (Phi) is 33.4. The molecule has 0 radical (unpaired) electrons. The molecule has 4 rings (SSSR count). The first-order valence-corrected chi connectivity index (χ1v) is 37.4. The van der Waals surface area contributed by atoms with Crippen molar-refractivity contribution in [2.24, 2.45) is 0 Å². The van der Waals surface area contributed by atoms with Crippen LogP contribution in [0.2, 0.25) is 48.4 Å². The van der Waals surface area contributed by atoms with Crippen LogP contribution in [-0.4, -0.2) is 134 Å². The van der Waals surface area contributed by atoms with Gasteiger partial charge in [0.2, 0.25) is 0 Å². The van der Waals surface area contributed by atoms with Crippen LogP contribution in [-0.2, 0) is 49.4 Å². The second-order valence-corrected chi connectivity index (χ2v) is 40.5. The lowest BCUT2D eigenvalue weighted by Gasteiger charge is -2.60. The number of hydrogen-bond donors (Lipinski definition) is 4. The fourth-order valence-corrected chi connectivity index (χ4v) is 56.3. The predicted molar refractivity (Wildman–Crippen MR) is 233 cm³/mol. The van der Waals surface area contributed by atoms with E-state index >= 15 is 0 Å². The van der Waals surface area contributed by atoms with Crippen LogP contribution in [0.3, 0.4) is 0 Å². The van der Waals surface area contributed by atoms with Gasteiger partial charge < -0.3 is 141 Å². The summed E-state index contributed by atoms with van der Waals surface area (Å²) in [5.41, 5.74) is 16.7. The molecule has 0 aromatic carbocycles. The fraction of sp³-hybridized carbons (Fsp3) is 1.00. The van der Waals surface area contributed by atoms with Crippen LogP contribution in [0.25, 0.3) is 19.3 Å². The van der Waals surface area contributed by atoms with Crippen LogP contribution in [0, 0.1) is 0 Å². The second kappa shape index (κ2) is 31.6. The van der Waals surface area contributed by atoms with Gasteiger partial charge in [-0.15, -0.1) is 26.2 Å². The molecule has 0 saturated carbocycles. The van der Waals surface area contributed by atoms with E-state index in [9.17, 15) is 0 Å². The Morgan fingerprint density at radius 2 is 0.689 bits per heavy atom. The Hall–Kier alpha value is 3.47. The molecular formula is C24H64Cl8N8O12Si9-4. The molecule has 4 heterocycles. The van der Waals surface area contributed by atoms with Crippen LogP contribution in [0.15, 0.2) is 0 Å². The largest absolute Gasteiger partial charge is 1.00 e. The number of quaternary nitrogens is 4. The molecule has 8 unspecified atom stereocenters. The van der Waals surface area contributed by atoms with Crippen LogP contribution in [0.4, 0.5) is 0 Å². The fourth-order valence-electron chi connectivity index (χ4n) is 7.06. The number of hydrogen-bond acceptors (Lipinski definition) is 12. The Morgan fingerprint density at radius 1 is 0.410 bits per heavy atom. The van der Waals surface area contributed by atoms with E-state index < -0.39 is 70.9 Å². The van der Waals surface area contributed by atoms with E-state index in [4.69, 9.17) is 96.5 Å². The highest BCUT2D eigenvalue weighted by Gasteiger charge is 2.78. The summed E-state index contributed by atoms with van der Waals surface area (Å²) in [5, 5.41) is 0. The van der Waals surface area contributed by atoms with Gasteiger partial charge in [0, 0.05) is 68.0 Å². The quantitative estimate of drug-likeness (QED) is 0.0402. The van der Waals surface area contributed by atoms with Crippen LogP contribution < -0.4 is 72.6 Å². The van der Waals surface area contributed by atoms with Crippen molar-refractivity contribution in [2.75, 3.05) is 52.4 Å². The van der Waals surface area contributed by atoms with Crippen molar-refractivity contribution in [1.29, 1.82) is 0 Å². The molecule has 4 aliphatic rings. The summed E-state index contributed by atoms with van der Waals surface area (Å²) in [7, 11) is -30.7. The van der Waals surface area contributed by atoms with Gasteiger partial charge in [0.05, 0.1) is 26.2 Å². The Morgan fingerprint density at radius 3 is 1.03 bits per heavy atom. The van der Waals surface area contributed by atoms with E-state index in [1.807, 2.05) is 0 Å². The zero-order valence-corrected chi connectivity index (χ0v) is 50.8. The molecule has 0 aromatic heterocycles. The van der Waals surface area contributed by atoms with Gasteiger partial charge in [0.15, 0.2) is 0 Å². The van der Waals surface area contributed by atoms with Crippen molar-refractivity contribution in [3.8, 4) is 0 Å². The first kappa shape index (κ1) is 64.5. The molecule has 0 aromatic rings. The summed E-state index contributed by atoms with van der Waals surface area (Å²) < 4.78 is 89.5. The number of nitrogens with zero attached hydrogens (tertiary/aromatic N) is 4. The van der Waals surface area contributed by atoms with Crippen molar-refractivity contribution < 1.29 is 122 Å². The van der Waals surface area contributed by atoms with Crippen molar-refractivity contribution in [1.82, 2.24) is 0 Å². The van der Waals surface area contributed by atoms with E-state index in [-0.39, 0.29) is 72.2 Å². The molecule has 0 spiro atoms. The summed E-state index contributed by atoms with van der Waals surface area (Å²) in [6, 6.07) is 2.83. The highest BCUT2D eigenvalue weighted by Crippen LogP contribution is 2.50. The molecule has 4 saturated heterocycles. The zero-order chi connectivity index (χ0) is 41.4. The van der Waals surface area contributed by atoms with Gasteiger partial charge in [-0.1, -0.05) is 25.7 Å². The van der Waals surface area contributed by atoms with Crippen molar-refractivity contribution in [3.05, 3.63) is 19.3 Å². The first-order valence-electron chi connectivity index (χ1n) is 20.0. The lowest BCUT2D eigenvalue weighted by atomic mass is 10.5. The number of rotatable bonds is 29. The van der Waals surface area contributed by atoms with Gasteiger partial charge in [0.25, 0.3) is 0 Å². The molecule has 0 aliphatic carbocycles. The van der Waals surface area contributed by atoms with Crippen LogP contribution in [0.5, 0.6) is 0 Å². The molecule has 4 fully saturated rings. The average Bonchev–Trinajstić information content (AvgIpc) is 3.16. The van der Waals surface area contributed by atoms with E-state index in [0.717, 1.165) is 0 Å². The SMILES string of the molecule is [Cl-].[Cl-].[Cl-].[Cl-].[NH3+]CCC[Si]12O[SiH](CCC[N-]Cl)O[Si]3(CCC[N-]Cl)O[Si]4(CCC[N-]Cl)O[Si](CCC[N-]Cl)(O[SiH3])O[Si](CCC[NH3+])(O1)O[Si](CCC[NH3+])(O4)O[Si](CCC[NH3+])(O2)O3. The molecule has 20 nitrogen and oxygen atoms in total. The molecule has 0 amide bonds. The summed E-state index contributed by atoms with van der Waals surface area (Å²) >= 11 is 23.6. The van der Waals surface area contributed by atoms with Gasteiger partial charge in [-0.2, -0.15) is 0 Å². The molecule has 368 valence electrons. The van der Waals surface area contributed by atoms with E-state index in [1.54, 1.807) is 0 Å². The molecule has 8 atom stereocenters. The van der Waals surface area contributed by atoms with E-state index in [0.29, 0.717) is 140 Å². The zero-order valence-electron chi connectivity index (χ0n) is 34.6. The lowest BCUT2D eigenvalue weighted by Crippen LogP contribution is -3.00. The minimum atomic E-state index is -4.14. The third kappa shape index (κ3) is 18.6. The molecular weight excluding hydrogens is 1130 g/mol. The highest BCUT2D eigenvalue weighted by molar-refractivity contribution is 7.00. The smallest absolute Gasteiger partial charge is 0.479 e. The molecule has 61 heavy (non-hydrogen) atoms. The van der Waals surface area contributed by atoms with Crippen molar-refractivity contribution >= 4 is 129 Å². The van der Waals surface area contributed by atoms with Crippen molar-refractivity contribution in [3.63, 3.8) is 0 Å². The van der Waals surface area contributed by atoms with E-state index in [1.165, 1.54) is 0 Å². The van der Waals surface area contributed by atoms with Gasteiger partial charge in [-0.25, -0.2) is 0 Å². The summed E-state index contributed by atoms with van der Waals surface area (Å²) in [4.78, 5) is 15.5. The van der Waals surface area contributed by atoms with E-state index in [2.05, 4.69) is 42.3 Å². The van der Waals surface area contributed by atoms with Gasteiger partial charge >= 0.3 is 70.9 Å². The van der Waals surface area contributed by atoms with Gasteiger partial charge in [-0.05, 0) is 6.04 Å². The monoisotopic (exact) mass is 1190 g/mol. The molecule has 6 bridgehead atoms. The Bertz CT molecular complexity index is 1220. The summed E-state index contributed by atoms with van der Waals surface area (Å²) in [6.45, 7) is 3.68. The summed E-state index contributed by atoms with van der Waals surface area (Å²) in [6.07, 6.45) is 4.41. The predicted octanol–water partition coefficient (Wildman–Crippen LogP) is -11.5. The molecule has 4 aliphatic heterocycles. The maximum atomic E-state index is 7.61. The van der Waals surface area contributed by atoms with Crippen molar-refractivity contribution in [2.45, 2.75) is 99.7 Å². The topological polar surface area (TPSA) is 278 Å². The minimum absolute atomic E-state index is 0. The van der Waals surface area contributed by atoms with Crippen LogP contribution >= 0.6 is 47.1 Å².